The monoisotopic (exact) mass is 539 g/mol. The number of ether oxygens (including phenoxy) is 1. The van der Waals surface area contributed by atoms with Crippen LogP contribution in [0.5, 0.6) is 11.5 Å². The van der Waals surface area contributed by atoms with E-state index < -0.39 is 29.7 Å². The minimum Gasteiger partial charge on any atom is -0.508 e. The van der Waals surface area contributed by atoms with E-state index in [1.807, 2.05) is 13.8 Å². The highest BCUT2D eigenvalue weighted by molar-refractivity contribution is 5.93. The molecule has 3 unspecified atom stereocenters. The Bertz CT molecular complexity index is 1140. The van der Waals surface area contributed by atoms with E-state index in [0.29, 0.717) is 11.1 Å². The lowest BCUT2D eigenvalue weighted by molar-refractivity contribution is -0.143. The predicted octanol–water partition coefficient (Wildman–Crippen LogP) is 4.57. The van der Waals surface area contributed by atoms with Gasteiger partial charge in [0.15, 0.2) is 0 Å². The molecule has 1 aliphatic carbocycles. The van der Waals surface area contributed by atoms with E-state index in [1.165, 1.54) is 24.3 Å². The van der Waals surface area contributed by atoms with Gasteiger partial charge in [-0.25, -0.2) is 4.79 Å². The van der Waals surface area contributed by atoms with E-state index in [1.54, 1.807) is 49.9 Å². The fourth-order valence-corrected chi connectivity index (χ4v) is 4.53. The van der Waals surface area contributed by atoms with Gasteiger partial charge in [0.2, 0.25) is 11.8 Å². The summed E-state index contributed by atoms with van der Waals surface area (Å²) in [4.78, 5) is 42.3. The zero-order valence-corrected chi connectivity index (χ0v) is 23.4. The fourth-order valence-electron chi connectivity index (χ4n) is 4.53. The van der Waals surface area contributed by atoms with Crippen molar-refractivity contribution in [3.05, 3.63) is 59.7 Å². The highest BCUT2D eigenvalue weighted by atomic mass is 16.6. The number of alkyl carbamates (subject to hydrolysis) is 1. The third-order valence-electron chi connectivity index (χ3n) is 6.38. The lowest BCUT2D eigenvalue weighted by Gasteiger charge is -2.35. The molecule has 1 saturated carbocycles. The summed E-state index contributed by atoms with van der Waals surface area (Å²) in [7, 11) is 0. The number of nitrogens with zero attached hydrogens (tertiary/aromatic N) is 1. The average Bonchev–Trinajstić information content (AvgIpc) is 3.67. The van der Waals surface area contributed by atoms with Crippen LogP contribution in [-0.2, 0) is 20.7 Å². The second-order valence-electron chi connectivity index (χ2n) is 11.2. The first-order valence-corrected chi connectivity index (χ1v) is 13.6. The van der Waals surface area contributed by atoms with Crippen LogP contribution in [-0.4, -0.2) is 56.7 Å². The smallest absolute Gasteiger partial charge is 0.408 e. The van der Waals surface area contributed by atoms with Crippen LogP contribution in [0.4, 0.5) is 4.79 Å². The fraction of sp³-hybridized carbons (Fsp3) is 0.500. The molecule has 4 N–H and O–H groups in total. The zero-order valence-electron chi connectivity index (χ0n) is 23.4. The summed E-state index contributed by atoms with van der Waals surface area (Å²) in [6.07, 6.45) is 2.49. The Balaban J connectivity index is 2.00. The van der Waals surface area contributed by atoms with E-state index in [9.17, 15) is 24.6 Å². The van der Waals surface area contributed by atoms with E-state index in [2.05, 4.69) is 10.6 Å². The van der Waals surface area contributed by atoms with Gasteiger partial charge in [-0.05, 0) is 82.3 Å². The molecular formula is C30H41N3O6. The number of hydrogen-bond acceptors (Lipinski definition) is 6. The molecule has 0 radical (unpaired) electrons. The van der Waals surface area contributed by atoms with Crippen molar-refractivity contribution in [2.45, 2.75) is 96.5 Å². The summed E-state index contributed by atoms with van der Waals surface area (Å²) in [5, 5.41) is 25.7. The minimum absolute atomic E-state index is 0.0115. The second kappa shape index (κ2) is 12.9. The molecule has 3 amide bonds. The van der Waals surface area contributed by atoms with Gasteiger partial charge >= 0.3 is 6.09 Å². The van der Waals surface area contributed by atoms with Crippen molar-refractivity contribution in [1.82, 2.24) is 15.5 Å². The van der Waals surface area contributed by atoms with Crippen LogP contribution in [0.1, 0.15) is 77.5 Å². The van der Waals surface area contributed by atoms with Crippen molar-refractivity contribution in [3.8, 4) is 11.5 Å². The van der Waals surface area contributed by atoms with Crippen molar-refractivity contribution in [3.63, 3.8) is 0 Å². The van der Waals surface area contributed by atoms with Gasteiger partial charge in [-0.15, -0.1) is 0 Å². The van der Waals surface area contributed by atoms with Gasteiger partial charge in [-0.2, -0.15) is 0 Å². The Hall–Kier alpha value is -3.75. The maximum Gasteiger partial charge on any atom is 0.408 e. The molecule has 1 aliphatic rings. The van der Waals surface area contributed by atoms with Crippen molar-refractivity contribution in [2.75, 3.05) is 0 Å². The molecule has 0 aromatic heterocycles. The van der Waals surface area contributed by atoms with E-state index in [-0.39, 0.29) is 35.9 Å². The maximum absolute atomic E-state index is 14.3. The lowest BCUT2D eigenvalue weighted by Crippen LogP contribution is -2.55. The van der Waals surface area contributed by atoms with Crippen LogP contribution in [0.2, 0.25) is 0 Å². The summed E-state index contributed by atoms with van der Waals surface area (Å²) in [5.74, 6) is -0.698. The van der Waals surface area contributed by atoms with Crippen LogP contribution in [0.25, 0.3) is 0 Å². The first-order chi connectivity index (χ1) is 18.4. The van der Waals surface area contributed by atoms with Crippen LogP contribution in [0.15, 0.2) is 48.5 Å². The molecule has 0 saturated heterocycles. The molecule has 3 rings (SSSR count). The first-order valence-electron chi connectivity index (χ1n) is 13.6. The summed E-state index contributed by atoms with van der Waals surface area (Å²) < 4.78 is 5.45. The molecule has 0 spiro atoms. The Morgan fingerprint density at radius 1 is 1.03 bits per heavy atom. The summed E-state index contributed by atoms with van der Waals surface area (Å²) >= 11 is 0. The number of nitrogens with one attached hydrogen (secondary N) is 2. The normalized spacial score (nSPS) is 15.5. The number of amides is 3. The number of benzene rings is 2. The number of hydrogen-bond donors (Lipinski definition) is 4. The van der Waals surface area contributed by atoms with E-state index >= 15 is 0 Å². The first kappa shape index (κ1) is 29.8. The molecule has 3 atom stereocenters. The Morgan fingerprint density at radius 2 is 1.69 bits per heavy atom. The third kappa shape index (κ3) is 8.90. The van der Waals surface area contributed by atoms with Crippen LogP contribution in [0, 0.1) is 0 Å². The molecule has 9 heteroatoms. The van der Waals surface area contributed by atoms with Crippen LogP contribution < -0.4 is 10.6 Å². The second-order valence-corrected chi connectivity index (χ2v) is 11.2. The van der Waals surface area contributed by atoms with Gasteiger partial charge < -0.3 is 30.5 Å². The predicted molar refractivity (Wildman–Crippen MR) is 148 cm³/mol. The van der Waals surface area contributed by atoms with Crippen molar-refractivity contribution in [1.29, 1.82) is 0 Å². The number of phenols is 2. The molecule has 0 bridgehead atoms. The van der Waals surface area contributed by atoms with E-state index in [4.69, 9.17) is 4.74 Å². The molecule has 39 heavy (non-hydrogen) atoms. The number of carbonyl (C=O) groups is 3. The highest BCUT2D eigenvalue weighted by Crippen LogP contribution is 2.36. The largest absolute Gasteiger partial charge is 0.508 e. The van der Waals surface area contributed by atoms with E-state index in [0.717, 1.165) is 25.7 Å². The van der Waals surface area contributed by atoms with Crippen LogP contribution >= 0.6 is 0 Å². The standard InChI is InChI=1S/C30H41N3O6/c1-6-8-19(2)31-27(36)26(21-9-7-10-24(35)18-21)33(22-13-14-22)28(37)25(32-29(38)39-30(3,4)5)17-20-11-15-23(34)16-12-20/h7,9-12,15-16,18-19,22,25-26,34-35H,6,8,13-14,17H2,1-5H3,(H,31,36)(H,32,38). The number of phenolic OH excluding ortho intramolecular Hbond substituents is 2. The molecule has 0 aliphatic heterocycles. The van der Waals surface area contributed by atoms with Gasteiger partial charge in [0, 0.05) is 18.5 Å². The summed E-state index contributed by atoms with van der Waals surface area (Å²) in [6, 6.07) is 10.4. The third-order valence-corrected chi connectivity index (χ3v) is 6.38. The minimum atomic E-state index is -1.04. The number of carbonyl (C=O) groups excluding carboxylic acids is 3. The highest BCUT2D eigenvalue weighted by Gasteiger charge is 2.44. The molecule has 0 heterocycles. The SMILES string of the molecule is CCCC(C)NC(=O)C(c1cccc(O)c1)N(C(=O)C(Cc1ccc(O)cc1)NC(=O)OC(C)(C)C)C1CC1. The van der Waals surface area contributed by atoms with Crippen molar-refractivity contribution < 1.29 is 29.3 Å². The molecule has 9 nitrogen and oxygen atoms in total. The summed E-state index contributed by atoms with van der Waals surface area (Å²) in [6.45, 7) is 9.16. The van der Waals surface area contributed by atoms with Gasteiger partial charge in [0.05, 0.1) is 0 Å². The lowest BCUT2D eigenvalue weighted by atomic mass is 9.99. The Labute approximate surface area is 230 Å². The van der Waals surface area contributed by atoms with Crippen molar-refractivity contribution >= 4 is 17.9 Å². The Kier molecular flexibility index (Phi) is 9.83. The molecule has 2 aromatic rings. The molecule has 212 valence electrons. The van der Waals surface area contributed by atoms with Crippen LogP contribution in [0.3, 0.4) is 0 Å². The quantitative estimate of drug-likeness (QED) is 0.331. The topological polar surface area (TPSA) is 128 Å². The average molecular weight is 540 g/mol. The maximum atomic E-state index is 14.3. The molecule has 2 aromatic carbocycles. The van der Waals surface area contributed by atoms with Gasteiger partial charge in [-0.3, -0.25) is 9.59 Å². The van der Waals surface area contributed by atoms with Gasteiger partial charge in [-0.1, -0.05) is 37.6 Å². The van der Waals surface area contributed by atoms with Gasteiger partial charge in [0.25, 0.3) is 0 Å². The summed E-state index contributed by atoms with van der Waals surface area (Å²) in [5.41, 5.74) is 0.427. The molecular weight excluding hydrogens is 498 g/mol. The van der Waals surface area contributed by atoms with Gasteiger partial charge in [0.1, 0.15) is 29.2 Å². The molecule has 1 fully saturated rings. The zero-order chi connectivity index (χ0) is 28.7. The number of rotatable bonds is 11. The van der Waals surface area contributed by atoms with Crippen molar-refractivity contribution in [2.24, 2.45) is 0 Å². The Morgan fingerprint density at radius 3 is 2.26 bits per heavy atom. The number of aromatic hydroxyl groups is 2.